The molecule has 3 aromatic rings. The molecule has 0 spiro atoms. The van der Waals surface area contributed by atoms with Crippen molar-refractivity contribution in [2.75, 3.05) is 5.73 Å². The Bertz CT molecular complexity index is 775. The summed E-state index contributed by atoms with van der Waals surface area (Å²) in [4.78, 5) is 13.6. The Labute approximate surface area is 123 Å². The van der Waals surface area contributed by atoms with Crippen molar-refractivity contribution >= 4 is 22.6 Å². The molecule has 1 aromatic heterocycles. The zero-order chi connectivity index (χ0) is 15.4. The number of nitrogens with two attached hydrogens (primary N) is 1. The lowest BCUT2D eigenvalue weighted by Gasteiger charge is -2.00. The molecule has 0 amide bonds. The Morgan fingerprint density at radius 1 is 1.05 bits per heavy atom. The van der Waals surface area contributed by atoms with Gasteiger partial charge in [-0.3, -0.25) is 0 Å². The molecule has 4 heteroatoms. The minimum Gasteiger partial charge on any atom is -0.478 e. The lowest BCUT2D eigenvalue weighted by Crippen LogP contribution is -2.02. The Morgan fingerprint density at radius 3 is 2.38 bits per heavy atom. The van der Waals surface area contributed by atoms with Crippen molar-refractivity contribution in [1.82, 2.24) is 4.98 Å². The number of rotatable bonds is 1. The van der Waals surface area contributed by atoms with E-state index < -0.39 is 5.97 Å². The molecular formula is C17H18N2O2. The number of hydrogen-bond donors (Lipinski definition) is 3. The minimum absolute atomic E-state index is 0.171. The summed E-state index contributed by atoms with van der Waals surface area (Å²) in [6, 6.07) is 13.4. The van der Waals surface area contributed by atoms with Gasteiger partial charge in [0.2, 0.25) is 0 Å². The smallest absolute Gasteiger partial charge is 0.337 e. The van der Waals surface area contributed by atoms with Crippen LogP contribution in [0, 0.1) is 13.8 Å². The van der Waals surface area contributed by atoms with E-state index in [9.17, 15) is 4.79 Å². The Balaban J connectivity index is 0.000000154. The number of H-pyrrole nitrogens is 1. The number of benzene rings is 2. The van der Waals surface area contributed by atoms with Crippen molar-refractivity contribution in [2.24, 2.45) is 0 Å². The first kappa shape index (κ1) is 14.7. The van der Waals surface area contributed by atoms with Crippen LogP contribution in [0.15, 0.2) is 48.7 Å². The largest absolute Gasteiger partial charge is 0.478 e. The van der Waals surface area contributed by atoms with Crippen molar-refractivity contribution in [3.8, 4) is 0 Å². The van der Waals surface area contributed by atoms with Gasteiger partial charge < -0.3 is 15.8 Å². The highest BCUT2D eigenvalue weighted by atomic mass is 16.4. The van der Waals surface area contributed by atoms with Crippen LogP contribution >= 0.6 is 0 Å². The summed E-state index contributed by atoms with van der Waals surface area (Å²) in [6.07, 6.45) is 1.96. The van der Waals surface area contributed by atoms with E-state index in [0.29, 0.717) is 5.69 Å². The van der Waals surface area contributed by atoms with E-state index in [1.165, 1.54) is 16.5 Å². The number of aromatic nitrogens is 1. The van der Waals surface area contributed by atoms with Crippen LogP contribution in [0.2, 0.25) is 0 Å². The van der Waals surface area contributed by atoms with Crippen LogP contribution in [-0.4, -0.2) is 16.1 Å². The van der Waals surface area contributed by atoms with Crippen LogP contribution in [0.4, 0.5) is 5.69 Å². The number of carboxylic acid groups (broad SMARTS) is 1. The number of nitrogens with one attached hydrogen (secondary N) is 1. The number of nitrogen functional groups attached to an aromatic ring is 1. The standard InChI is InChI=1S/C9H9N.C8H9NO2/c1-7-2-3-9-8(6-7)4-5-10-9;1-5-2-3-7(9)6(4-5)8(10)11/h2-6,10H,1H3;2-4H,9H2,1H3,(H,10,11). The van der Waals surface area contributed by atoms with Gasteiger partial charge in [0, 0.05) is 17.4 Å². The monoisotopic (exact) mass is 282 g/mol. The van der Waals surface area contributed by atoms with Gasteiger partial charge in [-0.15, -0.1) is 0 Å². The van der Waals surface area contributed by atoms with Crippen LogP contribution in [0.5, 0.6) is 0 Å². The number of aryl methyl sites for hydroxylation is 2. The topological polar surface area (TPSA) is 79.1 Å². The first-order valence-corrected chi connectivity index (χ1v) is 6.60. The highest BCUT2D eigenvalue weighted by Gasteiger charge is 2.06. The van der Waals surface area contributed by atoms with E-state index >= 15 is 0 Å². The minimum atomic E-state index is -0.980. The maximum absolute atomic E-state index is 10.5. The maximum atomic E-state index is 10.5. The average molecular weight is 282 g/mol. The molecule has 0 radical (unpaired) electrons. The molecule has 3 rings (SSSR count). The molecule has 0 saturated carbocycles. The third-order valence-electron chi connectivity index (χ3n) is 3.15. The number of carboxylic acids is 1. The zero-order valence-electron chi connectivity index (χ0n) is 12.1. The summed E-state index contributed by atoms with van der Waals surface area (Å²) >= 11 is 0. The van der Waals surface area contributed by atoms with Gasteiger partial charge in [0.25, 0.3) is 0 Å². The quantitative estimate of drug-likeness (QED) is 0.595. The first-order chi connectivity index (χ1) is 9.97. The Kier molecular flexibility index (Phi) is 4.28. The number of fused-ring (bicyclic) bond motifs is 1. The summed E-state index contributed by atoms with van der Waals surface area (Å²) in [5, 5.41) is 9.90. The summed E-state index contributed by atoms with van der Waals surface area (Å²) < 4.78 is 0. The van der Waals surface area contributed by atoms with Gasteiger partial charge >= 0.3 is 5.97 Å². The number of aromatic carboxylic acids is 1. The second-order valence-corrected chi connectivity index (χ2v) is 4.96. The van der Waals surface area contributed by atoms with Gasteiger partial charge in [-0.1, -0.05) is 23.3 Å². The Hall–Kier alpha value is -2.75. The highest BCUT2D eigenvalue weighted by molar-refractivity contribution is 5.93. The highest BCUT2D eigenvalue weighted by Crippen LogP contribution is 2.13. The van der Waals surface area contributed by atoms with Crippen LogP contribution in [-0.2, 0) is 0 Å². The first-order valence-electron chi connectivity index (χ1n) is 6.60. The third-order valence-corrected chi connectivity index (χ3v) is 3.15. The van der Waals surface area contributed by atoms with E-state index in [-0.39, 0.29) is 5.56 Å². The molecule has 0 atom stereocenters. The average Bonchev–Trinajstić information content (AvgIpc) is 2.89. The van der Waals surface area contributed by atoms with Crippen molar-refractivity contribution in [1.29, 1.82) is 0 Å². The van der Waals surface area contributed by atoms with E-state index in [1.54, 1.807) is 18.2 Å². The predicted octanol–water partition coefficient (Wildman–Crippen LogP) is 3.75. The number of anilines is 1. The molecule has 108 valence electrons. The number of carbonyl (C=O) groups is 1. The van der Waals surface area contributed by atoms with Crippen molar-refractivity contribution < 1.29 is 9.90 Å². The maximum Gasteiger partial charge on any atom is 0.337 e. The predicted molar refractivity (Wildman–Crippen MR) is 85.6 cm³/mol. The summed E-state index contributed by atoms with van der Waals surface area (Å²) in [7, 11) is 0. The van der Waals surface area contributed by atoms with Gasteiger partial charge in [0.15, 0.2) is 0 Å². The number of hydrogen-bond acceptors (Lipinski definition) is 2. The fourth-order valence-electron chi connectivity index (χ4n) is 2.03. The van der Waals surface area contributed by atoms with Crippen LogP contribution in [0.3, 0.4) is 0 Å². The van der Waals surface area contributed by atoms with Gasteiger partial charge in [-0.05, 0) is 49.6 Å². The van der Waals surface area contributed by atoms with Gasteiger partial charge in [-0.25, -0.2) is 4.79 Å². The second kappa shape index (κ2) is 6.13. The van der Waals surface area contributed by atoms with Crippen molar-refractivity contribution in [2.45, 2.75) is 13.8 Å². The lowest BCUT2D eigenvalue weighted by molar-refractivity contribution is 0.0698. The fourth-order valence-corrected chi connectivity index (χ4v) is 2.03. The molecule has 0 bridgehead atoms. The molecule has 2 aromatic carbocycles. The third kappa shape index (κ3) is 3.63. The molecule has 21 heavy (non-hydrogen) atoms. The molecule has 0 aliphatic heterocycles. The van der Waals surface area contributed by atoms with Gasteiger partial charge in [0.05, 0.1) is 5.56 Å². The van der Waals surface area contributed by atoms with Gasteiger partial charge in [0.1, 0.15) is 0 Å². The van der Waals surface area contributed by atoms with Gasteiger partial charge in [-0.2, -0.15) is 0 Å². The van der Waals surface area contributed by atoms with E-state index in [2.05, 4.69) is 36.2 Å². The second-order valence-electron chi connectivity index (χ2n) is 4.96. The summed E-state index contributed by atoms with van der Waals surface area (Å²) in [5.74, 6) is -0.980. The Morgan fingerprint density at radius 2 is 1.71 bits per heavy atom. The lowest BCUT2D eigenvalue weighted by atomic mass is 10.1. The summed E-state index contributed by atoms with van der Waals surface area (Å²) in [6.45, 7) is 3.93. The molecule has 0 aliphatic rings. The molecule has 0 aliphatic carbocycles. The molecule has 4 N–H and O–H groups in total. The van der Waals surface area contributed by atoms with Crippen LogP contribution in [0.25, 0.3) is 10.9 Å². The fraction of sp³-hybridized carbons (Fsp3) is 0.118. The SMILES string of the molecule is Cc1ccc(N)c(C(=O)O)c1.Cc1ccc2[nH]ccc2c1. The van der Waals surface area contributed by atoms with E-state index in [0.717, 1.165) is 5.56 Å². The zero-order valence-corrected chi connectivity index (χ0v) is 12.1. The van der Waals surface area contributed by atoms with E-state index in [4.69, 9.17) is 10.8 Å². The number of aromatic amines is 1. The normalized spacial score (nSPS) is 10.0. The molecule has 1 heterocycles. The molecular weight excluding hydrogens is 264 g/mol. The summed E-state index contributed by atoms with van der Waals surface area (Å²) in [5.41, 5.74) is 9.31. The molecule has 0 saturated heterocycles. The molecule has 4 nitrogen and oxygen atoms in total. The molecule has 0 unspecified atom stereocenters. The van der Waals surface area contributed by atoms with Crippen LogP contribution < -0.4 is 5.73 Å². The van der Waals surface area contributed by atoms with E-state index in [1.807, 2.05) is 13.1 Å². The van der Waals surface area contributed by atoms with Crippen LogP contribution in [0.1, 0.15) is 21.5 Å². The van der Waals surface area contributed by atoms with Crippen molar-refractivity contribution in [3.63, 3.8) is 0 Å². The molecule has 0 fully saturated rings. The van der Waals surface area contributed by atoms with Crippen molar-refractivity contribution in [3.05, 3.63) is 65.4 Å².